The zero-order valence-electron chi connectivity index (χ0n) is 16.3. The first-order valence-electron chi connectivity index (χ1n) is 9.11. The van der Waals surface area contributed by atoms with Crippen molar-refractivity contribution in [3.05, 3.63) is 74.1 Å². The van der Waals surface area contributed by atoms with E-state index in [2.05, 4.69) is 20.9 Å². The molecule has 1 nitrogen and oxygen atoms in total. The maximum absolute atomic E-state index is 14.2. The van der Waals surface area contributed by atoms with E-state index in [1.165, 1.54) is 18.2 Å². The van der Waals surface area contributed by atoms with Gasteiger partial charge >= 0.3 is 6.18 Å². The van der Waals surface area contributed by atoms with Crippen LogP contribution >= 0.6 is 50.9 Å². The number of nitrogens with zero attached hydrogens (tertiary/aromatic N) is 1. The van der Waals surface area contributed by atoms with E-state index in [0.717, 1.165) is 34.2 Å². The molecule has 3 rings (SSSR count). The number of aryl methyl sites for hydroxylation is 1. The molecule has 2 aromatic carbocycles. The molecule has 0 saturated heterocycles. The lowest BCUT2D eigenvalue weighted by Gasteiger charge is -2.32. The van der Waals surface area contributed by atoms with Crippen LogP contribution in [0.5, 0.6) is 0 Å². The molecule has 0 bridgehead atoms. The minimum absolute atomic E-state index is 0.0664. The predicted octanol–water partition coefficient (Wildman–Crippen LogP) is 8.59. The van der Waals surface area contributed by atoms with Crippen LogP contribution in [-0.4, -0.2) is 17.2 Å². The van der Waals surface area contributed by atoms with E-state index in [1.54, 1.807) is 5.41 Å². The summed E-state index contributed by atoms with van der Waals surface area (Å²) in [6.45, 7) is 4.44. The number of allylic oxidation sites excluding steroid dienone is 1. The van der Waals surface area contributed by atoms with Gasteiger partial charge in [0.1, 0.15) is 4.75 Å². The number of benzene rings is 2. The Morgan fingerprint density at radius 1 is 1.17 bits per heavy atom. The van der Waals surface area contributed by atoms with Crippen molar-refractivity contribution >= 4 is 62.2 Å². The van der Waals surface area contributed by atoms with Crippen molar-refractivity contribution in [1.29, 1.82) is 0 Å². The van der Waals surface area contributed by atoms with E-state index in [9.17, 15) is 13.2 Å². The normalized spacial score (nSPS) is 19.9. The number of hydrogen-bond acceptors (Lipinski definition) is 2. The van der Waals surface area contributed by atoms with E-state index in [-0.39, 0.29) is 22.0 Å². The maximum atomic E-state index is 14.2. The van der Waals surface area contributed by atoms with Gasteiger partial charge in [0.2, 0.25) is 0 Å². The lowest BCUT2D eigenvalue weighted by Crippen LogP contribution is -2.37. The van der Waals surface area contributed by atoms with Crippen LogP contribution in [0.4, 0.5) is 13.2 Å². The standard InChI is InChI=1S/C22H19BrCl2F3NS/c1-13-5-15(3-4-16(13)11-29-14(2)10-23)17-9-21(30-12-17,22(26,27)28)18-6-19(24)8-20(25)7-18/h3-8,12H,9-11H2,1-2H3. The zero-order chi connectivity index (χ0) is 22.1. The second-order valence-corrected chi connectivity index (χ2v) is 9.85. The average molecular weight is 537 g/mol. The minimum atomic E-state index is -4.47. The first-order chi connectivity index (χ1) is 14.1. The Morgan fingerprint density at radius 3 is 2.40 bits per heavy atom. The van der Waals surface area contributed by atoms with Crippen molar-refractivity contribution in [2.24, 2.45) is 4.99 Å². The SMILES string of the molecule is CC(CBr)=NCc1ccc(C2=CSC(c3cc(Cl)cc(Cl)c3)(C(F)(F)F)C2)cc1C. The van der Waals surface area contributed by atoms with Gasteiger partial charge < -0.3 is 0 Å². The topological polar surface area (TPSA) is 12.4 Å². The van der Waals surface area contributed by atoms with Gasteiger partial charge in [-0.3, -0.25) is 4.99 Å². The fraction of sp³-hybridized carbons (Fsp3) is 0.318. The third-order valence-electron chi connectivity index (χ3n) is 5.05. The van der Waals surface area contributed by atoms with E-state index in [4.69, 9.17) is 23.2 Å². The fourth-order valence-electron chi connectivity index (χ4n) is 3.32. The van der Waals surface area contributed by atoms with Crippen molar-refractivity contribution < 1.29 is 13.2 Å². The molecule has 0 spiro atoms. The molecule has 0 radical (unpaired) electrons. The van der Waals surface area contributed by atoms with Crippen LogP contribution in [0.3, 0.4) is 0 Å². The molecule has 2 aromatic rings. The summed E-state index contributed by atoms with van der Waals surface area (Å²) >= 11 is 16.1. The van der Waals surface area contributed by atoms with Crippen LogP contribution in [0.15, 0.2) is 46.8 Å². The third-order valence-corrected chi connectivity index (χ3v) is 7.72. The summed E-state index contributed by atoms with van der Waals surface area (Å²) in [5, 5.41) is 2.69. The molecule has 0 saturated carbocycles. The summed E-state index contributed by atoms with van der Waals surface area (Å²) in [5.74, 6) is 0. The Morgan fingerprint density at radius 2 is 1.83 bits per heavy atom. The van der Waals surface area contributed by atoms with Crippen LogP contribution in [-0.2, 0) is 11.3 Å². The molecule has 160 valence electrons. The summed E-state index contributed by atoms with van der Waals surface area (Å²) in [7, 11) is 0. The number of alkyl halides is 4. The lowest BCUT2D eigenvalue weighted by molar-refractivity contribution is -0.160. The summed E-state index contributed by atoms with van der Waals surface area (Å²) in [4.78, 5) is 4.49. The molecule has 1 atom stereocenters. The highest BCUT2D eigenvalue weighted by Gasteiger charge is 2.58. The first-order valence-corrected chi connectivity index (χ1v) is 11.9. The first kappa shape index (κ1) is 23.7. The van der Waals surface area contributed by atoms with E-state index in [0.29, 0.717) is 17.4 Å². The minimum Gasteiger partial charge on any atom is -0.289 e. The number of thioether (sulfide) groups is 1. The number of halogens is 6. The Bertz CT molecular complexity index is 1000. The predicted molar refractivity (Wildman–Crippen MR) is 126 cm³/mol. The Labute approximate surface area is 196 Å². The molecule has 0 aliphatic carbocycles. The van der Waals surface area contributed by atoms with E-state index < -0.39 is 10.9 Å². The molecule has 1 aliphatic heterocycles. The molecule has 0 fully saturated rings. The molecule has 0 aromatic heterocycles. The fourth-order valence-corrected chi connectivity index (χ4v) is 5.21. The Hall–Kier alpha value is -0.950. The van der Waals surface area contributed by atoms with Crippen molar-refractivity contribution in [3.63, 3.8) is 0 Å². The van der Waals surface area contributed by atoms with Crippen LogP contribution in [0.25, 0.3) is 5.57 Å². The maximum Gasteiger partial charge on any atom is 0.407 e. The number of hydrogen-bond donors (Lipinski definition) is 0. The highest BCUT2D eigenvalue weighted by atomic mass is 79.9. The zero-order valence-corrected chi connectivity index (χ0v) is 20.2. The number of aliphatic imine (C=N–C) groups is 1. The molecule has 0 amide bonds. The van der Waals surface area contributed by atoms with Gasteiger partial charge in [0.15, 0.2) is 0 Å². The van der Waals surface area contributed by atoms with Crippen LogP contribution in [0.1, 0.15) is 35.6 Å². The van der Waals surface area contributed by atoms with Crippen molar-refractivity contribution in [3.8, 4) is 0 Å². The molecular weight excluding hydrogens is 518 g/mol. The van der Waals surface area contributed by atoms with Gasteiger partial charge in [0, 0.05) is 27.5 Å². The van der Waals surface area contributed by atoms with Gasteiger partial charge in [-0.25, -0.2) is 0 Å². The second kappa shape index (κ2) is 9.27. The van der Waals surface area contributed by atoms with Gasteiger partial charge in [-0.2, -0.15) is 13.2 Å². The highest BCUT2D eigenvalue weighted by molar-refractivity contribution is 9.09. The van der Waals surface area contributed by atoms with Crippen LogP contribution in [0, 0.1) is 6.92 Å². The summed E-state index contributed by atoms with van der Waals surface area (Å²) in [6, 6.07) is 9.87. The van der Waals surface area contributed by atoms with E-state index >= 15 is 0 Å². The molecule has 0 N–H and O–H groups in total. The van der Waals surface area contributed by atoms with Crippen molar-refractivity contribution in [2.45, 2.75) is 37.7 Å². The molecule has 1 unspecified atom stereocenters. The molecular formula is C22H19BrCl2F3NS. The molecule has 1 heterocycles. The van der Waals surface area contributed by atoms with E-state index in [1.807, 2.05) is 32.0 Å². The van der Waals surface area contributed by atoms with Gasteiger partial charge in [-0.15, -0.1) is 11.8 Å². The second-order valence-electron chi connectivity index (χ2n) is 7.25. The van der Waals surface area contributed by atoms with Crippen LogP contribution in [0.2, 0.25) is 10.0 Å². The van der Waals surface area contributed by atoms with Crippen molar-refractivity contribution in [1.82, 2.24) is 0 Å². The van der Waals surface area contributed by atoms with Crippen LogP contribution < -0.4 is 0 Å². The third kappa shape index (κ3) is 4.93. The summed E-state index contributed by atoms with van der Waals surface area (Å²) in [5.41, 5.74) is 4.53. The van der Waals surface area contributed by atoms with Gasteiger partial charge in [-0.1, -0.05) is 57.3 Å². The molecule has 30 heavy (non-hydrogen) atoms. The Balaban J connectivity index is 1.92. The van der Waals surface area contributed by atoms with Gasteiger partial charge in [-0.05, 0) is 65.3 Å². The van der Waals surface area contributed by atoms with Gasteiger partial charge in [0.05, 0.1) is 6.54 Å². The summed E-state index contributed by atoms with van der Waals surface area (Å²) < 4.78 is 40.6. The Kier molecular flexibility index (Phi) is 7.33. The quantitative estimate of drug-likeness (QED) is 0.275. The average Bonchev–Trinajstić information content (AvgIpc) is 3.13. The lowest BCUT2D eigenvalue weighted by atomic mass is 9.88. The molecule has 1 aliphatic rings. The largest absolute Gasteiger partial charge is 0.407 e. The van der Waals surface area contributed by atoms with Crippen molar-refractivity contribution in [2.75, 3.05) is 5.33 Å². The monoisotopic (exact) mass is 535 g/mol. The summed E-state index contributed by atoms with van der Waals surface area (Å²) in [6.07, 6.45) is -4.65. The molecule has 8 heteroatoms. The number of rotatable bonds is 5. The highest BCUT2D eigenvalue weighted by Crippen LogP contribution is 2.60. The smallest absolute Gasteiger partial charge is 0.289 e. The van der Waals surface area contributed by atoms with Gasteiger partial charge in [0.25, 0.3) is 0 Å².